The van der Waals surface area contributed by atoms with Gasteiger partial charge in [0.25, 0.3) is 0 Å². The maximum atomic E-state index is 5.41. The fourth-order valence-corrected chi connectivity index (χ4v) is 1.17. The molecule has 1 rings (SSSR count). The number of hydrogen-bond donors (Lipinski definition) is 1. The lowest BCUT2D eigenvalue weighted by Gasteiger charge is -2.08. The number of ether oxygens (including phenoxy) is 1. The van der Waals surface area contributed by atoms with E-state index in [1.54, 1.807) is 0 Å². The third kappa shape index (κ3) is 3.97. The molecule has 0 aliphatic carbocycles. The Morgan fingerprint density at radius 3 is 2.67 bits per heavy atom. The Morgan fingerprint density at radius 2 is 2.13 bits per heavy atom. The summed E-state index contributed by atoms with van der Waals surface area (Å²) < 4.78 is 7.39. The van der Waals surface area contributed by atoms with Crippen LogP contribution in [-0.2, 0) is 18.3 Å². The van der Waals surface area contributed by atoms with Crippen molar-refractivity contribution in [3.05, 3.63) is 11.6 Å². The van der Waals surface area contributed by atoms with Crippen molar-refractivity contribution in [2.24, 2.45) is 7.05 Å². The smallest absolute Gasteiger partial charge is 0.146 e. The number of aryl methyl sites for hydroxylation is 1. The van der Waals surface area contributed by atoms with Gasteiger partial charge in [-0.15, -0.1) is 10.2 Å². The third-order valence-electron chi connectivity index (χ3n) is 2.20. The van der Waals surface area contributed by atoms with E-state index in [0.717, 1.165) is 31.3 Å². The van der Waals surface area contributed by atoms with E-state index in [1.807, 2.05) is 32.4 Å². The second kappa shape index (κ2) is 5.82. The van der Waals surface area contributed by atoms with E-state index in [1.165, 1.54) is 0 Å². The van der Waals surface area contributed by atoms with Gasteiger partial charge < -0.3 is 14.6 Å². The van der Waals surface area contributed by atoms with Crippen molar-refractivity contribution in [2.75, 3.05) is 13.2 Å². The van der Waals surface area contributed by atoms with E-state index < -0.39 is 0 Å². The number of aromatic nitrogens is 3. The molecule has 1 aromatic heterocycles. The van der Waals surface area contributed by atoms with Crippen LogP contribution in [0, 0.1) is 6.92 Å². The number of nitrogens with one attached hydrogen (secondary N) is 1. The van der Waals surface area contributed by atoms with Crippen molar-refractivity contribution in [1.29, 1.82) is 0 Å². The second-order valence-electron chi connectivity index (χ2n) is 3.82. The summed E-state index contributed by atoms with van der Waals surface area (Å²) in [5.74, 6) is 1.89. The molecule has 0 unspecified atom stereocenters. The fourth-order valence-electron chi connectivity index (χ4n) is 1.17. The molecule has 0 spiro atoms. The molecule has 1 heterocycles. The summed E-state index contributed by atoms with van der Waals surface area (Å²) in [6.45, 7) is 8.31. The minimum Gasteiger partial charge on any atom is -0.377 e. The van der Waals surface area contributed by atoms with Gasteiger partial charge in [0, 0.05) is 13.6 Å². The van der Waals surface area contributed by atoms with Crippen LogP contribution in [0.4, 0.5) is 0 Å². The van der Waals surface area contributed by atoms with E-state index in [4.69, 9.17) is 4.74 Å². The zero-order valence-electron chi connectivity index (χ0n) is 9.95. The molecule has 0 bridgehead atoms. The molecule has 0 saturated heterocycles. The fraction of sp³-hybridized carbons (Fsp3) is 0.800. The van der Waals surface area contributed by atoms with Crippen LogP contribution >= 0.6 is 0 Å². The van der Waals surface area contributed by atoms with Crippen LogP contribution in [-0.4, -0.2) is 34.0 Å². The first kappa shape index (κ1) is 12.1. The molecule has 0 fully saturated rings. The monoisotopic (exact) mass is 212 g/mol. The number of nitrogens with zero attached hydrogens (tertiary/aromatic N) is 3. The summed E-state index contributed by atoms with van der Waals surface area (Å²) >= 11 is 0. The molecule has 0 aromatic carbocycles. The summed E-state index contributed by atoms with van der Waals surface area (Å²) in [6, 6.07) is 0. The van der Waals surface area contributed by atoms with Crippen molar-refractivity contribution in [2.45, 2.75) is 33.4 Å². The van der Waals surface area contributed by atoms with Gasteiger partial charge in [-0.3, -0.25) is 0 Å². The molecule has 0 saturated carbocycles. The molecule has 86 valence electrons. The first-order chi connectivity index (χ1) is 7.11. The molecule has 15 heavy (non-hydrogen) atoms. The van der Waals surface area contributed by atoms with Gasteiger partial charge in [-0.25, -0.2) is 0 Å². The van der Waals surface area contributed by atoms with Crippen LogP contribution in [0.25, 0.3) is 0 Å². The predicted molar refractivity (Wildman–Crippen MR) is 58.5 cm³/mol. The van der Waals surface area contributed by atoms with E-state index in [-0.39, 0.29) is 0 Å². The standard InChI is InChI=1S/C10H20N4O/c1-8(2)15-6-5-11-7-10-13-12-9(3)14(10)4/h8,11H,5-7H2,1-4H3. The third-order valence-corrected chi connectivity index (χ3v) is 2.20. The zero-order valence-corrected chi connectivity index (χ0v) is 9.95. The van der Waals surface area contributed by atoms with E-state index in [0.29, 0.717) is 6.10 Å². The first-order valence-corrected chi connectivity index (χ1v) is 5.28. The number of rotatable bonds is 6. The Balaban J connectivity index is 2.18. The normalized spacial score (nSPS) is 11.3. The zero-order chi connectivity index (χ0) is 11.3. The minimum atomic E-state index is 0.295. The van der Waals surface area contributed by atoms with E-state index in [9.17, 15) is 0 Å². The van der Waals surface area contributed by atoms with Gasteiger partial charge in [0.2, 0.25) is 0 Å². The molecule has 5 nitrogen and oxygen atoms in total. The van der Waals surface area contributed by atoms with Crippen LogP contribution in [0.1, 0.15) is 25.5 Å². The van der Waals surface area contributed by atoms with Crippen LogP contribution in [0.2, 0.25) is 0 Å². The molecular formula is C10H20N4O. The Hall–Kier alpha value is -0.940. The highest BCUT2D eigenvalue weighted by Crippen LogP contribution is 1.96. The van der Waals surface area contributed by atoms with E-state index >= 15 is 0 Å². The topological polar surface area (TPSA) is 52.0 Å². The van der Waals surface area contributed by atoms with Gasteiger partial charge in [0.1, 0.15) is 11.6 Å². The van der Waals surface area contributed by atoms with E-state index in [2.05, 4.69) is 15.5 Å². The largest absolute Gasteiger partial charge is 0.377 e. The van der Waals surface area contributed by atoms with Crippen LogP contribution in [0.5, 0.6) is 0 Å². The van der Waals surface area contributed by atoms with Crippen molar-refractivity contribution in [3.63, 3.8) is 0 Å². The highest BCUT2D eigenvalue weighted by molar-refractivity contribution is 4.91. The van der Waals surface area contributed by atoms with Gasteiger partial charge in [0.15, 0.2) is 0 Å². The van der Waals surface area contributed by atoms with Crippen molar-refractivity contribution < 1.29 is 4.74 Å². The van der Waals surface area contributed by atoms with Gasteiger partial charge in [-0.1, -0.05) is 0 Å². The second-order valence-corrected chi connectivity index (χ2v) is 3.82. The molecule has 1 N–H and O–H groups in total. The molecule has 1 aromatic rings. The van der Waals surface area contributed by atoms with Crippen LogP contribution in [0.15, 0.2) is 0 Å². The molecule has 0 radical (unpaired) electrons. The predicted octanol–water partition coefficient (Wildman–Crippen LogP) is 0.638. The summed E-state index contributed by atoms with van der Waals surface area (Å²) in [4.78, 5) is 0. The average molecular weight is 212 g/mol. The maximum Gasteiger partial charge on any atom is 0.146 e. The molecule has 5 heteroatoms. The first-order valence-electron chi connectivity index (χ1n) is 5.28. The molecule has 0 aliphatic rings. The summed E-state index contributed by atoms with van der Waals surface area (Å²) in [6.07, 6.45) is 0.295. The van der Waals surface area contributed by atoms with Crippen molar-refractivity contribution in [1.82, 2.24) is 20.1 Å². The maximum absolute atomic E-state index is 5.41. The Labute approximate surface area is 90.8 Å². The lowest BCUT2D eigenvalue weighted by molar-refractivity contribution is 0.0806. The van der Waals surface area contributed by atoms with Crippen LogP contribution < -0.4 is 5.32 Å². The number of hydrogen-bond acceptors (Lipinski definition) is 4. The van der Waals surface area contributed by atoms with Gasteiger partial charge >= 0.3 is 0 Å². The average Bonchev–Trinajstić information content (AvgIpc) is 2.48. The van der Waals surface area contributed by atoms with Gasteiger partial charge in [-0.2, -0.15) is 0 Å². The van der Waals surface area contributed by atoms with Gasteiger partial charge in [0.05, 0.1) is 19.3 Å². The molecular weight excluding hydrogens is 192 g/mol. The molecule has 0 amide bonds. The summed E-state index contributed by atoms with van der Waals surface area (Å²) in [5.41, 5.74) is 0. The summed E-state index contributed by atoms with van der Waals surface area (Å²) in [7, 11) is 1.97. The van der Waals surface area contributed by atoms with Crippen LogP contribution in [0.3, 0.4) is 0 Å². The van der Waals surface area contributed by atoms with Crippen molar-refractivity contribution >= 4 is 0 Å². The lowest BCUT2D eigenvalue weighted by Crippen LogP contribution is -2.22. The SMILES string of the molecule is Cc1nnc(CNCCOC(C)C)n1C. The Kier molecular flexibility index (Phi) is 4.71. The van der Waals surface area contributed by atoms with Gasteiger partial charge in [-0.05, 0) is 20.8 Å². The molecule has 0 aliphatic heterocycles. The Morgan fingerprint density at radius 1 is 1.40 bits per heavy atom. The quantitative estimate of drug-likeness (QED) is 0.703. The lowest BCUT2D eigenvalue weighted by atomic mass is 10.5. The minimum absolute atomic E-state index is 0.295. The molecule has 0 atom stereocenters. The highest BCUT2D eigenvalue weighted by Gasteiger charge is 2.03. The van der Waals surface area contributed by atoms with Crippen molar-refractivity contribution in [3.8, 4) is 0 Å². The summed E-state index contributed by atoms with van der Waals surface area (Å²) in [5, 5.41) is 11.3. The highest BCUT2D eigenvalue weighted by atomic mass is 16.5. The Bertz CT molecular complexity index is 296.